The molecule has 3 rings (SSSR count). The van der Waals surface area contributed by atoms with Crippen LogP contribution in [0.4, 0.5) is 0 Å². The number of rotatable bonds is 1. The predicted molar refractivity (Wildman–Crippen MR) is 60.6 cm³/mol. The zero-order valence-electron chi connectivity index (χ0n) is 9.01. The Hall–Kier alpha value is -2.23. The van der Waals surface area contributed by atoms with E-state index in [1.807, 2.05) is 18.2 Å². The van der Waals surface area contributed by atoms with E-state index in [4.69, 9.17) is 14.2 Å². The molecule has 0 aromatic heterocycles. The molecule has 0 amide bonds. The molecule has 0 spiro atoms. The lowest BCUT2D eigenvalue weighted by Gasteiger charge is -2.18. The highest BCUT2D eigenvalue weighted by atomic mass is 16.6. The summed E-state index contributed by atoms with van der Waals surface area (Å²) in [7, 11) is 0. The normalized spacial score (nSPS) is 19.5. The molecule has 2 aliphatic rings. The van der Waals surface area contributed by atoms with Gasteiger partial charge in [-0.25, -0.2) is 4.79 Å². The van der Waals surface area contributed by atoms with Crippen molar-refractivity contribution in [2.45, 2.75) is 0 Å². The molecule has 0 radical (unpaired) electrons. The fraction of sp³-hybridized carbons (Fsp3) is 0.154. The maximum Gasteiger partial charge on any atom is 0.336 e. The van der Waals surface area contributed by atoms with E-state index in [9.17, 15) is 4.79 Å². The van der Waals surface area contributed by atoms with Gasteiger partial charge in [0.2, 0.25) is 0 Å². The molecule has 0 saturated carbocycles. The molecule has 0 fully saturated rings. The Labute approximate surface area is 98.1 Å². The summed E-state index contributed by atoms with van der Waals surface area (Å²) >= 11 is 0. The van der Waals surface area contributed by atoms with Crippen LogP contribution < -0.4 is 9.47 Å². The molecule has 0 atom stereocenters. The first-order chi connectivity index (χ1) is 8.31. The van der Waals surface area contributed by atoms with Crippen molar-refractivity contribution in [3.8, 4) is 11.5 Å². The third kappa shape index (κ3) is 2.01. The summed E-state index contributed by atoms with van der Waals surface area (Å²) in [5, 5.41) is 0. The number of carbonyl (C=O) groups is 1. The minimum absolute atomic E-state index is 0.339. The van der Waals surface area contributed by atoms with Crippen LogP contribution in [0, 0.1) is 0 Å². The third-order valence-electron chi connectivity index (χ3n) is 2.48. The van der Waals surface area contributed by atoms with Gasteiger partial charge >= 0.3 is 5.97 Å². The quantitative estimate of drug-likeness (QED) is 0.691. The van der Waals surface area contributed by atoms with Gasteiger partial charge in [0.25, 0.3) is 0 Å². The second kappa shape index (κ2) is 3.97. The molecule has 2 heterocycles. The van der Waals surface area contributed by atoms with Crippen molar-refractivity contribution in [3.63, 3.8) is 0 Å². The maximum atomic E-state index is 10.9. The summed E-state index contributed by atoms with van der Waals surface area (Å²) in [4.78, 5) is 10.9. The fourth-order valence-electron chi connectivity index (χ4n) is 1.73. The molecular weight excluding hydrogens is 220 g/mol. The van der Waals surface area contributed by atoms with Crippen LogP contribution in [0.5, 0.6) is 11.5 Å². The van der Waals surface area contributed by atoms with Gasteiger partial charge in [-0.2, -0.15) is 0 Å². The maximum absolute atomic E-state index is 10.9. The Balaban J connectivity index is 1.89. The Morgan fingerprint density at radius 2 is 1.88 bits per heavy atom. The number of fused-ring (bicyclic) bond motifs is 1. The summed E-state index contributed by atoms with van der Waals surface area (Å²) in [6.07, 6.45) is 4.81. The molecule has 0 saturated heterocycles. The van der Waals surface area contributed by atoms with Gasteiger partial charge in [0, 0.05) is 6.08 Å². The van der Waals surface area contributed by atoms with Crippen LogP contribution in [-0.4, -0.2) is 19.2 Å². The molecular formula is C13H10O4. The van der Waals surface area contributed by atoms with Crippen molar-refractivity contribution in [3.05, 3.63) is 41.7 Å². The zero-order valence-corrected chi connectivity index (χ0v) is 9.01. The molecule has 1 aromatic carbocycles. The van der Waals surface area contributed by atoms with Crippen LogP contribution in [0.15, 0.2) is 36.1 Å². The number of benzene rings is 1. The van der Waals surface area contributed by atoms with Crippen LogP contribution in [0.2, 0.25) is 0 Å². The van der Waals surface area contributed by atoms with Crippen molar-refractivity contribution in [2.75, 3.05) is 13.2 Å². The SMILES string of the molecule is O=C1C=C/C(=C\c2ccc3c(c2)OCCO3)O1. The van der Waals surface area contributed by atoms with Gasteiger partial charge in [0.1, 0.15) is 19.0 Å². The number of allylic oxidation sites excluding steroid dienone is 1. The monoisotopic (exact) mass is 230 g/mol. The van der Waals surface area contributed by atoms with E-state index in [0.717, 1.165) is 17.1 Å². The summed E-state index contributed by atoms with van der Waals surface area (Å²) < 4.78 is 15.8. The van der Waals surface area contributed by atoms with Crippen molar-refractivity contribution >= 4 is 12.0 Å². The molecule has 86 valence electrons. The van der Waals surface area contributed by atoms with Crippen molar-refractivity contribution in [1.29, 1.82) is 0 Å². The van der Waals surface area contributed by atoms with E-state index >= 15 is 0 Å². The first kappa shape index (κ1) is 9.96. The number of esters is 1. The Kier molecular flexibility index (Phi) is 2.33. The second-order valence-electron chi connectivity index (χ2n) is 3.70. The van der Waals surface area contributed by atoms with Crippen LogP contribution in [0.1, 0.15) is 5.56 Å². The van der Waals surface area contributed by atoms with Gasteiger partial charge in [0.15, 0.2) is 11.5 Å². The minimum Gasteiger partial charge on any atom is -0.486 e. The molecule has 1 aromatic rings. The highest BCUT2D eigenvalue weighted by Gasteiger charge is 2.13. The van der Waals surface area contributed by atoms with E-state index in [1.54, 1.807) is 12.2 Å². The smallest absolute Gasteiger partial charge is 0.336 e. The molecule has 4 heteroatoms. The Morgan fingerprint density at radius 3 is 2.65 bits per heavy atom. The van der Waals surface area contributed by atoms with E-state index in [-0.39, 0.29) is 5.97 Å². The van der Waals surface area contributed by atoms with Crippen LogP contribution >= 0.6 is 0 Å². The standard InChI is InChI=1S/C13H10O4/c14-13-4-2-10(17-13)7-9-1-3-11-12(8-9)16-6-5-15-11/h1-4,7-8H,5-6H2/b10-7+. The first-order valence-corrected chi connectivity index (χ1v) is 5.32. The van der Waals surface area contributed by atoms with E-state index in [0.29, 0.717) is 19.0 Å². The number of cyclic esters (lactones) is 1. The van der Waals surface area contributed by atoms with E-state index in [2.05, 4.69) is 0 Å². The van der Waals surface area contributed by atoms with Crippen LogP contribution in [0.25, 0.3) is 6.08 Å². The summed E-state index contributed by atoms with van der Waals surface area (Å²) in [5.41, 5.74) is 0.906. The lowest BCUT2D eigenvalue weighted by Crippen LogP contribution is -2.15. The number of hydrogen-bond donors (Lipinski definition) is 0. The molecule has 0 aliphatic carbocycles. The molecule has 4 nitrogen and oxygen atoms in total. The van der Waals surface area contributed by atoms with Crippen LogP contribution in [0.3, 0.4) is 0 Å². The highest BCUT2D eigenvalue weighted by Crippen LogP contribution is 2.31. The number of carbonyl (C=O) groups excluding carboxylic acids is 1. The average Bonchev–Trinajstić information content (AvgIpc) is 2.75. The minimum atomic E-state index is -0.339. The van der Waals surface area contributed by atoms with Crippen molar-refractivity contribution in [2.24, 2.45) is 0 Å². The van der Waals surface area contributed by atoms with Gasteiger partial charge in [0.05, 0.1) is 0 Å². The van der Waals surface area contributed by atoms with Crippen LogP contribution in [-0.2, 0) is 9.53 Å². The van der Waals surface area contributed by atoms with Gasteiger partial charge in [-0.15, -0.1) is 0 Å². The topological polar surface area (TPSA) is 44.8 Å². The fourth-order valence-corrected chi connectivity index (χ4v) is 1.73. The summed E-state index contributed by atoms with van der Waals surface area (Å²) in [6, 6.07) is 5.60. The Bertz CT molecular complexity index is 528. The number of ether oxygens (including phenoxy) is 3. The molecule has 17 heavy (non-hydrogen) atoms. The van der Waals surface area contributed by atoms with Gasteiger partial charge < -0.3 is 14.2 Å². The van der Waals surface area contributed by atoms with E-state index in [1.165, 1.54) is 6.08 Å². The van der Waals surface area contributed by atoms with Crippen molar-refractivity contribution in [1.82, 2.24) is 0 Å². The highest BCUT2D eigenvalue weighted by molar-refractivity contribution is 5.87. The predicted octanol–water partition coefficient (Wildman–Crippen LogP) is 1.91. The summed E-state index contributed by atoms with van der Waals surface area (Å²) in [5.74, 6) is 1.66. The molecule has 2 aliphatic heterocycles. The lowest BCUT2D eigenvalue weighted by atomic mass is 10.1. The number of hydrogen-bond acceptors (Lipinski definition) is 4. The molecule has 0 unspecified atom stereocenters. The molecule has 0 N–H and O–H groups in total. The van der Waals surface area contributed by atoms with Gasteiger partial charge in [-0.05, 0) is 29.8 Å². The molecule has 0 bridgehead atoms. The first-order valence-electron chi connectivity index (χ1n) is 5.32. The lowest BCUT2D eigenvalue weighted by molar-refractivity contribution is -0.132. The van der Waals surface area contributed by atoms with Gasteiger partial charge in [-0.1, -0.05) is 6.07 Å². The third-order valence-corrected chi connectivity index (χ3v) is 2.48. The largest absolute Gasteiger partial charge is 0.486 e. The van der Waals surface area contributed by atoms with E-state index < -0.39 is 0 Å². The zero-order chi connectivity index (χ0) is 11.7. The van der Waals surface area contributed by atoms with Gasteiger partial charge in [-0.3, -0.25) is 0 Å². The Morgan fingerprint density at radius 1 is 1.06 bits per heavy atom. The van der Waals surface area contributed by atoms with Crippen molar-refractivity contribution < 1.29 is 19.0 Å². The summed E-state index contributed by atoms with van der Waals surface area (Å²) in [6.45, 7) is 1.13. The second-order valence-corrected chi connectivity index (χ2v) is 3.70. The average molecular weight is 230 g/mol.